The van der Waals surface area contributed by atoms with Crippen molar-refractivity contribution in [2.45, 2.75) is 38.8 Å². The first-order chi connectivity index (χ1) is 10.1. The smallest absolute Gasteiger partial charge is 0.00761 e. The van der Waals surface area contributed by atoms with Crippen molar-refractivity contribution >= 4 is 0 Å². The van der Waals surface area contributed by atoms with Crippen LogP contribution >= 0.6 is 0 Å². The van der Waals surface area contributed by atoms with Gasteiger partial charge < -0.3 is 11.1 Å². The largest absolute Gasteiger partial charge is 0.328 e. The molecule has 2 atom stereocenters. The molecule has 2 aromatic rings. The number of nitrogens with one attached hydrogen (secondary N) is 1. The van der Waals surface area contributed by atoms with Gasteiger partial charge >= 0.3 is 0 Å². The van der Waals surface area contributed by atoms with E-state index in [9.17, 15) is 0 Å². The second kappa shape index (κ2) is 10.1. The summed E-state index contributed by atoms with van der Waals surface area (Å²) in [6.45, 7) is 4.21. The number of nitrogens with two attached hydrogens (primary N) is 1. The second-order valence-corrected chi connectivity index (χ2v) is 5.55. The van der Waals surface area contributed by atoms with Gasteiger partial charge in [0, 0.05) is 12.1 Å². The van der Waals surface area contributed by atoms with E-state index in [0.29, 0.717) is 6.04 Å². The Labute approximate surface area is 129 Å². The number of benzene rings is 2. The molecule has 0 saturated carbocycles. The molecule has 2 aromatic carbocycles. The van der Waals surface area contributed by atoms with Crippen LogP contribution in [0.1, 0.15) is 25.0 Å². The topological polar surface area (TPSA) is 38.0 Å². The molecule has 2 unspecified atom stereocenters. The van der Waals surface area contributed by atoms with Gasteiger partial charge in [0.1, 0.15) is 0 Å². The van der Waals surface area contributed by atoms with Gasteiger partial charge in [-0.3, -0.25) is 0 Å². The number of hydrogen-bond donors (Lipinski definition) is 2. The first kappa shape index (κ1) is 17.4. The summed E-state index contributed by atoms with van der Waals surface area (Å²) in [5, 5.41) is 3.21. The van der Waals surface area contributed by atoms with E-state index in [1.54, 1.807) is 0 Å². The Hall–Kier alpha value is -1.64. The van der Waals surface area contributed by atoms with E-state index in [4.69, 9.17) is 5.73 Å². The predicted octanol–water partition coefficient (Wildman–Crippen LogP) is 3.41. The first-order valence-electron chi connectivity index (χ1n) is 7.62. The predicted molar refractivity (Wildman–Crippen MR) is 92.5 cm³/mol. The molecular formula is C19H28N2. The molecule has 114 valence electrons. The standard InChI is InChI=1S/C10H15N.C9H13N/c1-9(11-2)8-10-6-4-3-5-7-10;1-8(10)7-9-5-3-2-4-6-9/h3-7,9,11H,8H2,1-2H3;2-6,8H,7,10H2,1H3. The molecule has 0 heterocycles. The lowest BCUT2D eigenvalue weighted by Crippen LogP contribution is -2.23. The molecule has 0 aliphatic heterocycles. The van der Waals surface area contributed by atoms with Crippen molar-refractivity contribution in [2.75, 3.05) is 7.05 Å². The molecule has 0 saturated heterocycles. The lowest BCUT2D eigenvalue weighted by Gasteiger charge is -2.08. The fourth-order valence-electron chi connectivity index (χ4n) is 2.06. The molecule has 3 N–H and O–H groups in total. The van der Waals surface area contributed by atoms with Gasteiger partial charge in [0.25, 0.3) is 0 Å². The van der Waals surface area contributed by atoms with Crippen molar-refractivity contribution in [3.8, 4) is 0 Å². The normalized spacial score (nSPS) is 13.0. The SMILES string of the molecule is CC(N)Cc1ccccc1.CNC(C)Cc1ccccc1. The van der Waals surface area contributed by atoms with E-state index in [-0.39, 0.29) is 6.04 Å². The Bertz CT molecular complexity index is 465. The summed E-state index contributed by atoms with van der Waals surface area (Å²) in [6.07, 6.45) is 2.08. The average molecular weight is 284 g/mol. The molecule has 0 aliphatic rings. The molecule has 0 amide bonds. The molecule has 21 heavy (non-hydrogen) atoms. The Kier molecular flexibility index (Phi) is 8.41. The molecule has 0 fully saturated rings. The van der Waals surface area contributed by atoms with Crippen LogP contribution in [-0.4, -0.2) is 19.1 Å². The maximum absolute atomic E-state index is 5.62. The zero-order chi connectivity index (χ0) is 15.5. The zero-order valence-electron chi connectivity index (χ0n) is 13.4. The summed E-state index contributed by atoms with van der Waals surface area (Å²) in [5.41, 5.74) is 8.34. The summed E-state index contributed by atoms with van der Waals surface area (Å²) in [6, 6.07) is 21.7. The molecule has 0 spiro atoms. The van der Waals surface area contributed by atoms with Gasteiger partial charge in [-0.25, -0.2) is 0 Å². The van der Waals surface area contributed by atoms with Crippen molar-refractivity contribution in [1.29, 1.82) is 0 Å². The molecule has 2 rings (SSSR count). The van der Waals surface area contributed by atoms with Crippen molar-refractivity contribution in [1.82, 2.24) is 5.32 Å². The summed E-state index contributed by atoms with van der Waals surface area (Å²) in [5.74, 6) is 0. The van der Waals surface area contributed by atoms with Gasteiger partial charge in [-0.2, -0.15) is 0 Å². The van der Waals surface area contributed by atoms with Crippen LogP contribution in [0.3, 0.4) is 0 Å². The molecule has 0 aliphatic carbocycles. The zero-order valence-corrected chi connectivity index (χ0v) is 13.4. The van der Waals surface area contributed by atoms with Crippen molar-refractivity contribution in [3.63, 3.8) is 0 Å². The number of likely N-dealkylation sites (N-methyl/N-ethyl adjacent to an activating group) is 1. The van der Waals surface area contributed by atoms with Gasteiger partial charge in [0.2, 0.25) is 0 Å². The number of hydrogen-bond acceptors (Lipinski definition) is 2. The molecular weight excluding hydrogens is 256 g/mol. The highest BCUT2D eigenvalue weighted by atomic mass is 14.8. The van der Waals surface area contributed by atoms with Gasteiger partial charge in [0.15, 0.2) is 0 Å². The van der Waals surface area contributed by atoms with E-state index in [1.807, 2.05) is 38.2 Å². The lowest BCUT2D eigenvalue weighted by molar-refractivity contribution is 0.608. The minimum Gasteiger partial charge on any atom is -0.328 e. The monoisotopic (exact) mass is 284 g/mol. The Morgan fingerprint density at radius 1 is 0.810 bits per heavy atom. The van der Waals surface area contributed by atoms with Gasteiger partial charge in [-0.05, 0) is 44.9 Å². The molecule has 0 bridgehead atoms. The first-order valence-corrected chi connectivity index (χ1v) is 7.62. The molecule has 2 nitrogen and oxygen atoms in total. The number of rotatable bonds is 5. The summed E-state index contributed by atoms with van der Waals surface area (Å²) in [7, 11) is 1.99. The van der Waals surface area contributed by atoms with Crippen LogP contribution in [0.4, 0.5) is 0 Å². The van der Waals surface area contributed by atoms with E-state index in [0.717, 1.165) is 12.8 Å². The molecule has 2 heteroatoms. The lowest BCUT2D eigenvalue weighted by atomic mass is 10.1. The van der Waals surface area contributed by atoms with E-state index >= 15 is 0 Å². The molecule has 0 radical (unpaired) electrons. The van der Waals surface area contributed by atoms with Gasteiger partial charge in [-0.15, -0.1) is 0 Å². The maximum atomic E-state index is 5.62. The van der Waals surface area contributed by atoms with E-state index in [1.165, 1.54) is 11.1 Å². The Morgan fingerprint density at radius 3 is 1.62 bits per heavy atom. The highest BCUT2D eigenvalue weighted by molar-refractivity contribution is 5.16. The Balaban J connectivity index is 0.000000211. The van der Waals surface area contributed by atoms with Gasteiger partial charge in [0.05, 0.1) is 0 Å². The summed E-state index contributed by atoms with van der Waals surface area (Å²) >= 11 is 0. The van der Waals surface area contributed by atoms with Crippen LogP contribution in [0.25, 0.3) is 0 Å². The van der Waals surface area contributed by atoms with Crippen LogP contribution in [0.15, 0.2) is 60.7 Å². The molecule has 0 aromatic heterocycles. The average Bonchev–Trinajstić information content (AvgIpc) is 2.49. The van der Waals surface area contributed by atoms with Crippen LogP contribution in [-0.2, 0) is 12.8 Å². The highest BCUT2D eigenvalue weighted by Crippen LogP contribution is 2.02. The van der Waals surface area contributed by atoms with E-state index in [2.05, 4.69) is 48.6 Å². The minimum absolute atomic E-state index is 0.266. The minimum atomic E-state index is 0.266. The summed E-state index contributed by atoms with van der Waals surface area (Å²) < 4.78 is 0. The third-order valence-corrected chi connectivity index (χ3v) is 3.28. The van der Waals surface area contributed by atoms with Crippen molar-refractivity contribution < 1.29 is 0 Å². The fourth-order valence-corrected chi connectivity index (χ4v) is 2.06. The van der Waals surface area contributed by atoms with E-state index < -0.39 is 0 Å². The summed E-state index contributed by atoms with van der Waals surface area (Å²) in [4.78, 5) is 0. The fraction of sp³-hybridized carbons (Fsp3) is 0.368. The highest BCUT2D eigenvalue weighted by Gasteiger charge is 1.97. The van der Waals surface area contributed by atoms with Gasteiger partial charge in [-0.1, -0.05) is 60.7 Å². The van der Waals surface area contributed by atoms with Crippen molar-refractivity contribution in [3.05, 3.63) is 71.8 Å². The second-order valence-electron chi connectivity index (χ2n) is 5.55. The van der Waals surface area contributed by atoms with Crippen LogP contribution in [0.2, 0.25) is 0 Å². The van der Waals surface area contributed by atoms with Crippen LogP contribution in [0, 0.1) is 0 Å². The van der Waals surface area contributed by atoms with Crippen LogP contribution in [0.5, 0.6) is 0 Å². The maximum Gasteiger partial charge on any atom is 0.00761 e. The van der Waals surface area contributed by atoms with Crippen LogP contribution < -0.4 is 11.1 Å². The quantitative estimate of drug-likeness (QED) is 0.883. The third kappa shape index (κ3) is 8.28. The van der Waals surface area contributed by atoms with Crippen molar-refractivity contribution in [2.24, 2.45) is 5.73 Å². The third-order valence-electron chi connectivity index (χ3n) is 3.28. The Morgan fingerprint density at radius 2 is 1.24 bits per heavy atom.